The van der Waals surface area contributed by atoms with Crippen LogP contribution in [-0.4, -0.2) is 36.4 Å². The van der Waals surface area contributed by atoms with Gasteiger partial charge >= 0.3 is 0 Å². The molecule has 7 heteroatoms. The molecule has 0 saturated carbocycles. The average Bonchev–Trinajstić information content (AvgIpc) is 2.83. The molecule has 0 spiro atoms. The van der Waals surface area contributed by atoms with Gasteiger partial charge in [-0.25, -0.2) is 4.98 Å². The minimum absolute atomic E-state index is 0.0975. The Labute approximate surface area is 180 Å². The lowest BCUT2D eigenvalue weighted by atomic mass is 9.95. The number of anilines is 1. The Morgan fingerprint density at radius 1 is 0.839 bits per heavy atom. The zero-order valence-electron chi connectivity index (χ0n) is 17.5. The van der Waals surface area contributed by atoms with Crippen molar-refractivity contribution in [3.8, 4) is 23.0 Å². The lowest BCUT2D eigenvalue weighted by Crippen LogP contribution is -2.14. The van der Waals surface area contributed by atoms with Crippen molar-refractivity contribution < 1.29 is 19.3 Å². The number of pyridine rings is 2. The SMILES string of the molecule is COc1cc([C@H](Nc2ccccn2)c2ccc3cccnc3c2O)cc(OC)c1OC. The van der Waals surface area contributed by atoms with Crippen molar-refractivity contribution in [2.75, 3.05) is 26.6 Å². The Morgan fingerprint density at radius 2 is 1.58 bits per heavy atom. The third kappa shape index (κ3) is 3.90. The van der Waals surface area contributed by atoms with E-state index < -0.39 is 6.04 Å². The molecule has 0 bridgehead atoms. The fourth-order valence-electron chi connectivity index (χ4n) is 3.58. The first-order valence-electron chi connectivity index (χ1n) is 9.70. The van der Waals surface area contributed by atoms with Gasteiger partial charge in [-0.1, -0.05) is 24.3 Å². The highest BCUT2D eigenvalue weighted by atomic mass is 16.5. The maximum Gasteiger partial charge on any atom is 0.203 e. The summed E-state index contributed by atoms with van der Waals surface area (Å²) in [5.41, 5.74) is 1.97. The number of phenolic OH excluding ortho intramolecular Hbond substituents is 1. The number of aromatic hydroxyl groups is 1. The number of aromatic nitrogens is 2. The molecule has 2 heterocycles. The maximum atomic E-state index is 11.1. The van der Waals surface area contributed by atoms with Crippen LogP contribution in [0.3, 0.4) is 0 Å². The molecule has 0 aliphatic carbocycles. The van der Waals surface area contributed by atoms with Crippen molar-refractivity contribution in [2.45, 2.75) is 6.04 Å². The van der Waals surface area contributed by atoms with Gasteiger partial charge in [-0.15, -0.1) is 0 Å². The van der Waals surface area contributed by atoms with Gasteiger partial charge in [0, 0.05) is 23.3 Å². The van der Waals surface area contributed by atoms with Gasteiger partial charge in [0.1, 0.15) is 17.1 Å². The van der Waals surface area contributed by atoms with Crippen LogP contribution in [0.1, 0.15) is 17.2 Å². The van der Waals surface area contributed by atoms with Gasteiger partial charge in [-0.05, 0) is 35.9 Å². The molecule has 7 nitrogen and oxygen atoms in total. The van der Waals surface area contributed by atoms with E-state index in [1.54, 1.807) is 33.7 Å². The highest BCUT2D eigenvalue weighted by Gasteiger charge is 2.24. The number of nitrogens with one attached hydrogen (secondary N) is 1. The van der Waals surface area contributed by atoms with Crippen LogP contribution in [-0.2, 0) is 0 Å². The highest BCUT2D eigenvalue weighted by Crippen LogP contribution is 2.43. The molecule has 2 N–H and O–H groups in total. The normalized spacial score (nSPS) is 11.7. The molecule has 4 aromatic rings. The van der Waals surface area contributed by atoms with Crippen LogP contribution in [0, 0.1) is 0 Å². The summed E-state index contributed by atoms with van der Waals surface area (Å²) in [6.45, 7) is 0. The summed E-state index contributed by atoms with van der Waals surface area (Å²) in [7, 11) is 4.70. The molecule has 0 aliphatic heterocycles. The molecule has 0 fully saturated rings. The number of benzene rings is 2. The molecule has 2 aromatic heterocycles. The van der Waals surface area contributed by atoms with E-state index in [0.29, 0.717) is 34.1 Å². The number of hydrogen-bond acceptors (Lipinski definition) is 7. The molecule has 0 radical (unpaired) electrons. The van der Waals surface area contributed by atoms with E-state index in [0.717, 1.165) is 10.9 Å². The molecule has 4 rings (SSSR count). The van der Waals surface area contributed by atoms with Crippen LogP contribution in [0.4, 0.5) is 5.82 Å². The van der Waals surface area contributed by atoms with Crippen molar-refractivity contribution in [3.63, 3.8) is 0 Å². The Balaban J connectivity index is 1.91. The standard InChI is InChI=1S/C24H23N3O4/c1-29-18-13-16(14-19(30-2)24(18)31-3)21(27-20-8-4-5-11-25-20)17-10-9-15-7-6-12-26-22(15)23(17)28/h4-14,21,28H,1-3H3,(H,25,27)/t21-/m0/s1. The molecule has 31 heavy (non-hydrogen) atoms. The van der Waals surface area contributed by atoms with Gasteiger partial charge in [0.2, 0.25) is 5.75 Å². The molecule has 0 saturated heterocycles. The van der Waals surface area contributed by atoms with Gasteiger partial charge in [0.15, 0.2) is 11.5 Å². The number of hydrogen-bond donors (Lipinski definition) is 2. The van der Waals surface area contributed by atoms with Crippen LogP contribution in [0.2, 0.25) is 0 Å². The first-order valence-corrected chi connectivity index (χ1v) is 9.70. The number of phenols is 1. The van der Waals surface area contributed by atoms with Crippen LogP contribution >= 0.6 is 0 Å². The maximum absolute atomic E-state index is 11.1. The van der Waals surface area contributed by atoms with E-state index in [1.807, 2.05) is 54.6 Å². The van der Waals surface area contributed by atoms with Crippen molar-refractivity contribution in [1.82, 2.24) is 9.97 Å². The fraction of sp³-hybridized carbons (Fsp3) is 0.167. The number of ether oxygens (including phenoxy) is 3. The predicted molar refractivity (Wildman–Crippen MR) is 119 cm³/mol. The summed E-state index contributed by atoms with van der Waals surface area (Å²) in [4.78, 5) is 8.74. The zero-order valence-corrected chi connectivity index (χ0v) is 17.5. The predicted octanol–water partition coefficient (Wildman–Crippen LogP) is 4.56. The average molecular weight is 417 g/mol. The van der Waals surface area contributed by atoms with Gasteiger partial charge < -0.3 is 24.6 Å². The van der Waals surface area contributed by atoms with E-state index in [-0.39, 0.29) is 5.75 Å². The highest BCUT2D eigenvalue weighted by molar-refractivity contribution is 5.86. The Kier molecular flexibility index (Phi) is 5.75. The summed E-state index contributed by atoms with van der Waals surface area (Å²) in [5, 5.41) is 15.4. The Morgan fingerprint density at radius 3 is 2.23 bits per heavy atom. The van der Waals surface area contributed by atoms with E-state index in [4.69, 9.17) is 14.2 Å². The minimum atomic E-state index is -0.463. The van der Waals surface area contributed by atoms with Crippen LogP contribution < -0.4 is 19.5 Å². The number of nitrogens with zero attached hydrogens (tertiary/aromatic N) is 2. The lowest BCUT2D eigenvalue weighted by molar-refractivity contribution is 0.323. The molecule has 0 amide bonds. The molecule has 0 unspecified atom stereocenters. The second-order valence-corrected chi connectivity index (χ2v) is 6.83. The van der Waals surface area contributed by atoms with Crippen LogP contribution in [0.25, 0.3) is 10.9 Å². The number of methoxy groups -OCH3 is 3. The van der Waals surface area contributed by atoms with Crippen LogP contribution in [0.5, 0.6) is 23.0 Å². The smallest absolute Gasteiger partial charge is 0.203 e. The second-order valence-electron chi connectivity index (χ2n) is 6.83. The molecular weight excluding hydrogens is 394 g/mol. The van der Waals surface area contributed by atoms with Gasteiger partial charge in [-0.3, -0.25) is 4.98 Å². The van der Waals surface area contributed by atoms with E-state index >= 15 is 0 Å². The fourth-order valence-corrected chi connectivity index (χ4v) is 3.58. The second kappa shape index (κ2) is 8.79. The Hall–Kier alpha value is -4.00. The summed E-state index contributed by atoms with van der Waals surface area (Å²) >= 11 is 0. The number of fused-ring (bicyclic) bond motifs is 1. The van der Waals surface area contributed by atoms with Crippen molar-refractivity contribution >= 4 is 16.7 Å². The summed E-state index contributed by atoms with van der Waals surface area (Å²) in [6, 6.07) is 16.4. The monoisotopic (exact) mass is 417 g/mol. The topological polar surface area (TPSA) is 85.7 Å². The lowest BCUT2D eigenvalue weighted by Gasteiger charge is -2.24. The third-order valence-corrected chi connectivity index (χ3v) is 5.07. The zero-order chi connectivity index (χ0) is 21.8. The molecule has 1 atom stereocenters. The first kappa shape index (κ1) is 20.3. The van der Waals surface area contributed by atoms with Gasteiger partial charge in [0.25, 0.3) is 0 Å². The largest absolute Gasteiger partial charge is 0.505 e. The molecule has 2 aromatic carbocycles. The summed E-state index contributed by atoms with van der Waals surface area (Å²) in [5.74, 6) is 2.28. The van der Waals surface area contributed by atoms with E-state index in [1.165, 1.54) is 0 Å². The number of rotatable bonds is 7. The van der Waals surface area contributed by atoms with Crippen LogP contribution in [0.15, 0.2) is 67.0 Å². The minimum Gasteiger partial charge on any atom is -0.505 e. The van der Waals surface area contributed by atoms with Gasteiger partial charge in [-0.2, -0.15) is 0 Å². The summed E-state index contributed by atoms with van der Waals surface area (Å²) in [6.07, 6.45) is 3.36. The van der Waals surface area contributed by atoms with E-state index in [2.05, 4.69) is 15.3 Å². The van der Waals surface area contributed by atoms with Gasteiger partial charge in [0.05, 0.1) is 27.4 Å². The van der Waals surface area contributed by atoms with Crippen molar-refractivity contribution in [1.29, 1.82) is 0 Å². The van der Waals surface area contributed by atoms with E-state index in [9.17, 15) is 5.11 Å². The molecular formula is C24H23N3O4. The van der Waals surface area contributed by atoms with Crippen molar-refractivity contribution in [2.24, 2.45) is 0 Å². The quantitative estimate of drug-likeness (QED) is 0.456. The molecule has 158 valence electrons. The first-order chi connectivity index (χ1) is 15.2. The van der Waals surface area contributed by atoms with Crippen molar-refractivity contribution in [3.05, 3.63) is 78.1 Å². The summed E-state index contributed by atoms with van der Waals surface area (Å²) < 4.78 is 16.5. The third-order valence-electron chi connectivity index (χ3n) is 5.07. The molecule has 0 aliphatic rings. The Bertz CT molecular complexity index is 1170.